The number of hydrogen-bond donors (Lipinski definition) is 2. The normalized spacial score (nSPS) is 17.8. The number of ether oxygens (including phenoxy) is 1. The second-order valence-corrected chi connectivity index (χ2v) is 6.37. The van der Waals surface area contributed by atoms with Crippen LogP contribution in [0.1, 0.15) is 23.0 Å². The van der Waals surface area contributed by atoms with Gasteiger partial charge in [-0.05, 0) is 23.8 Å². The smallest absolute Gasteiger partial charge is 0.433 e. The van der Waals surface area contributed by atoms with E-state index in [1.807, 2.05) is 0 Å². The summed E-state index contributed by atoms with van der Waals surface area (Å²) >= 11 is 5.76. The number of aromatic nitrogens is 2. The van der Waals surface area contributed by atoms with Crippen LogP contribution in [0.15, 0.2) is 24.3 Å². The fraction of sp³-hybridized carbons (Fsp3) is 0.312. The number of nitrogens with one attached hydrogen (secondary N) is 2. The SMILES string of the molecule is Cn1nc([C@H](NC(=O)[C@@H]2CNC(=O)O2)c2ccc(F)c(Cl)c2)cc1C(F)(F)F. The van der Waals surface area contributed by atoms with Gasteiger partial charge in [0.15, 0.2) is 6.10 Å². The zero-order chi connectivity index (χ0) is 20.6. The van der Waals surface area contributed by atoms with E-state index >= 15 is 0 Å². The number of halogens is 5. The van der Waals surface area contributed by atoms with E-state index in [0.29, 0.717) is 4.68 Å². The van der Waals surface area contributed by atoms with Gasteiger partial charge in [0.25, 0.3) is 5.91 Å². The Morgan fingerprint density at radius 2 is 2.14 bits per heavy atom. The minimum atomic E-state index is -4.67. The van der Waals surface area contributed by atoms with Crippen molar-refractivity contribution in [2.75, 3.05) is 6.54 Å². The monoisotopic (exact) mass is 420 g/mol. The lowest BCUT2D eigenvalue weighted by atomic mass is 10.0. The van der Waals surface area contributed by atoms with Crippen molar-refractivity contribution in [3.05, 3.63) is 52.1 Å². The van der Waals surface area contributed by atoms with Crippen molar-refractivity contribution < 1.29 is 31.9 Å². The number of alkyl halides is 3. The molecule has 3 rings (SSSR count). The molecule has 1 aliphatic heterocycles. The molecule has 2 aromatic rings. The van der Waals surface area contributed by atoms with Crippen LogP contribution in [-0.4, -0.2) is 34.4 Å². The van der Waals surface area contributed by atoms with Crippen LogP contribution in [0, 0.1) is 5.82 Å². The van der Waals surface area contributed by atoms with Crippen molar-refractivity contribution in [1.82, 2.24) is 20.4 Å². The highest BCUT2D eigenvalue weighted by Crippen LogP contribution is 2.32. The van der Waals surface area contributed by atoms with Gasteiger partial charge >= 0.3 is 12.3 Å². The molecule has 2 amide bonds. The molecule has 12 heteroatoms. The summed E-state index contributed by atoms with van der Waals surface area (Å²) in [5, 5.41) is 8.30. The Labute approximate surface area is 160 Å². The fourth-order valence-corrected chi connectivity index (χ4v) is 2.87. The molecule has 150 valence electrons. The van der Waals surface area contributed by atoms with Crippen LogP contribution in [-0.2, 0) is 22.8 Å². The van der Waals surface area contributed by atoms with Crippen molar-refractivity contribution >= 4 is 23.6 Å². The second kappa shape index (κ2) is 7.30. The van der Waals surface area contributed by atoms with Crippen molar-refractivity contribution in [3.63, 3.8) is 0 Å². The minimum absolute atomic E-state index is 0.0996. The molecule has 1 fully saturated rings. The van der Waals surface area contributed by atoms with E-state index in [1.165, 1.54) is 12.1 Å². The standard InChI is InChI=1S/C16H13ClF4N4O3/c1-25-12(16(19,20)21)5-10(24-25)13(7-2-3-9(18)8(17)4-7)23-14(26)11-6-22-15(27)28-11/h2-5,11,13H,6H2,1H3,(H,22,27)(H,23,26)/t11-,13+/m0/s1. The predicted octanol–water partition coefficient (Wildman–Crippen LogP) is 2.55. The lowest BCUT2D eigenvalue weighted by Crippen LogP contribution is -2.39. The summed E-state index contributed by atoms with van der Waals surface area (Å²) in [6.45, 7) is -0.0996. The Morgan fingerprint density at radius 3 is 2.68 bits per heavy atom. The molecule has 1 aliphatic rings. The van der Waals surface area contributed by atoms with Crippen LogP contribution >= 0.6 is 11.6 Å². The van der Waals surface area contributed by atoms with E-state index < -0.39 is 41.8 Å². The molecule has 7 nitrogen and oxygen atoms in total. The van der Waals surface area contributed by atoms with Crippen molar-refractivity contribution in [1.29, 1.82) is 0 Å². The second-order valence-electron chi connectivity index (χ2n) is 5.97. The van der Waals surface area contributed by atoms with E-state index in [9.17, 15) is 27.2 Å². The van der Waals surface area contributed by atoms with Crippen LogP contribution in [0.4, 0.5) is 22.4 Å². The number of benzene rings is 1. The molecule has 2 atom stereocenters. The van der Waals surface area contributed by atoms with Gasteiger partial charge in [-0.1, -0.05) is 17.7 Å². The van der Waals surface area contributed by atoms with Gasteiger partial charge in [0.05, 0.1) is 23.3 Å². The van der Waals surface area contributed by atoms with E-state index in [2.05, 4.69) is 15.7 Å². The van der Waals surface area contributed by atoms with Gasteiger partial charge < -0.3 is 15.4 Å². The molecule has 2 heterocycles. The van der Waals surface area contributed by atoms with Crippen LogP contribution in [0.25, 0.3) is 0 Å². The predicted molar refractivity (Wildman–Crippen MR) is 87.9 cm³/mol. The maximum absolute atomic E-state index is 13.5. The number of alkyl carbamates (subject to hydrolysis) is 1. The molecule has 1 aromatic heterocycles. The first-order valence-corrected chi connectivity index (χ1v) is 8.25. The van der Waals surface area contributed by atoms with Gasteiger partial charge in [-0.3, -0.25) is 9.48 Å². The molecular formula is C16H13ClF4N4O3. The zero-order valence-electron chi connectivity index (χ0n) is 14.2. The Kier molecular flexibility index (Phi) is 5.20. The van der Waals surface area contributed by atoms with Crippen LogP contribution < -0.4 is 10.6 Å². The van der Waals surface area contributed by atoms with E-state index in [1.54, 1.807) is 0 Å². The maximum atomic E-state index is 13.5. The van der Waals surface area contributed by atoms with Crippen molar-refractivity contribution in [2.24, 2.45) is 7.05 Å². The Morgan fingerprint density at radius 1 is 1.43 bits per heavy atom. The van der Waals surface area contributed by atoms with E-state index in [-0.39, 0.29) is 22.8 Å². The maximum Gasteiger partial charge on any atom is 0.433 e. The first-order valence-electron chi connectivity index (χ1n) is 7.87. The molecular weight excluding hydrogens is 408 g/mol. The summed E-state index contributed by atoms with van der Waals surface area (Å²) in [5.74, 6) is -1.50. The number of cyclic esters (lactones) is 1. The highest BCUT2D eigenvalue weighted by Gasteiger charge is 2.37. The van der Waals surface area contributed by atoms with Gasteiger partial charge in [0.2, 0.25) is 0 Å². The summed E-state index contributed by atoms with van der Waals surface area (Å²) < 4.78 is 58.2. The molecule has 0 spiro atoms. The van der Waals surface area contributed by atoms with Gasteiger partial charge in [0.1, 0.15) is 11.5 Å². The third-order valence-electron chi connectivity index (χ3n) is 4.02. The summed E-state index contributed by atoms with van der Waals surface area (Å²) in [5.41, 5.74) is -0.990. The minimum Gasteiger partial charge on any atom is -0.434 e. The lowest BCUT2D eigenvalue weighted by molar-refractivity contribution is -0.143. The molecule has 0 unspecified atom stereocenters. The van der Waals surface area contributed by atoms with Crippen molar-refractivity contribution in [3.8, 4) is 0 Å². The lowest BCUT2D eigenvalue weighted by Gasteiger charge is -2.19. The Hall–Kier alpha value is -2.82. The van der Waals surface area contributed by atoms with E-state index in [0.717, 1.165) is 19.2 Å². The highest BCUT2D eigenvalue weighted by atomic mass is 35.5. The van der Waals surface area contributed by atoms with Gasteiger partial charge in [0, 0.05) is 7.05 Å². The van der Waals surface area contributed by atoms with Gasteiger partial charge in [-0.15, -0.1) is 0 Å². The number of aryl methyl sites for hydroxylation is 1. The summed E-state index contributed by atoms with van der Waals surface area (Å²) in [6, 6.07) is 3.02. The van der Waals surface area contributed by atoms with Gasteiger partial charge in [-0.2, -0.15) is 18.3 Å². The fourth-order valence-electron chi connectivity index (χ4n) is 2.69. The van der Waals surface area contributed by atoms with E-state index in [4.69, 9.17) is 16.3 Å². The molecule has 0 aliphatic carbocycles. The van der Waals surface area contributed by atoms with Crippen LogP contribution in [0.5, 0.6) is 0 Å². The number of carbonyl (C=O) groups excluding carboxylic acids is 2. The molecule has 1 saturated heterocycles. The highest BCUT2D eigenvalue weighted by molar-refractivity contribution is 6.30. The third-order valence-corrected chi connectivity index (χ3v) is 4.31. The number of carbonyl (C=O) groups is 2. The van der Waals surface area contributed by atoms with Crippen LogP contribution in [0.2, 0.25) is 5.02 Å². The molecule has 1 aromatic carbocycles. The summed E-state index contributed by atoms with van der Waals surface area (Å²) in [4.78, 5) is 23.5. The molecule has 28 heavy (non-hydrogen) atoms. The Balaban J connectivity index is 1.98. The average molecular weight is 421 g/mol. The molecule has 2 N–H and O–H groups in total. The number of hydrogen-bond acceptors (Lipinski definition) is 4. The van der Waals surface area contributed by atoms with Gasteiger partial charge in [-0.25, -0.2) is 9.18 Å². The first kappa shape index (κ1) is 19.9. The quantitative estimate of drug-likeness (QED) is 0.744. The number of rotatable bonds is 4. The molecule has 0 bridgehead atoms. The molecule has 0 radical (unpaired) electrons. The number of nitrogens with zero attached hydrogens (tertiary/aromatic N) is 2. The summed E-state index contributed by atoms with van der Waals surface area (Å²) in [6.07, 6.45) is -6.63. The first-order chi connectivity index (χ1) is 13.1. The topological polar surface area (TPSA) is 85.3 Å². The van der Waals surface area contributed by atoms with Crippen LogP contribution in [0.3, 0.4) is 0 Å². The zero-order valence-corrected chi connectivity index (χ0v) is 14.9. The number of amides is 2. The Bertz CT molecular complexity index is 931. The van der Waals surface area contributed by atoms with Crippen molar-refractivity contribution in [2.45, 2.75) is 18.3 Å². The third kappa shape index (κ3) is 4.03. The summed E-state index contributed by atoms with van der Waals surface area (Å²) in [7, 11) is 1.10. The average Bonchev–Trinajstić information content (AvgIpc) is 3.20. The molecule has 0 saturated carbocycles. The largest absolute Gasteiger partial charge is 0.434 e.